The molecule has 3 aromatic heterocycles. The Morgan fingerprint density at radius 2 is 1.96 bits per heavy atom. The van der Waals surface area contributed by atoms with Crippen LogP contribution in [-0.2, 0) is 0 Å². The topological polar surface area (TPSA) is 63.6 Å². The first-order valence-electron chi connectivity index (χ1n) is 7.81. The second-order valence-electron chi connectivity index (χ2n) is 5.28. The number of thiophene rings is 1. The molecule has 5 nitrogen and oxygen atoms in total. The minimum atomic E-state index is 0.771. The van der Waals surface area contributed by atoms with E-state index in [4.69, 9.17) is 0 Å². The maximum absolute atomic E-state index is 4.69. The fraction of sp³-hybridized carbons (Fsp3) is 0.176. The van der Waals surface area contributed by atoms with Crippen molar-refractivity contribution >= 4 is 49.8 Å². The van der Waals surface area contributed by atoms with Gasteiger partial charge in [-0.3, -0.25) is 0 Å². The van der Waals surface area contributed by atoms with Crippen LogP contribution in [0.15, 0.2) is 45.1 Å². The van der Waals surface area contributed by atoms with Crippen molar-refractivity contribution in [1.82, 2.24) is 20.2 Å². The molecule has 0 fully saturated rings. The highest BCUT2D eigenvalue weighted by atomic mass is 32.2. The lowest BCUT2D eigenvalue weighted by Crippen LogP contribution is -1.94. The Labute approximate surface area is 157 Å². The average molecular weight is 386 g/mol. The molecule has 0 unspecified atom stereocenters. The van der Waals surface area contributed by atoms with Gasteiger partial charge in [0.25, 0.3) is 0 Å². The van der Waals surface area contributed by atoms with Gasteiger partial charge in [0.15, 0.2) is 4.34 Å². The number of hydrogen-bond donors (Lipinski definition) is 1. The summed E-state index contributed by atoms with van der Waals surface area (Å²) in [7, 11) is 0. The van der Waals surface area contributed by atoms with Crippen molar-refractivity contribution in [2.24, 2.45) is 0 Å². The highest BCUT2D eigenvalue weighted by Gasteiger charge is 2.17. The van der Waals surface area contributed by atoms with Gasteiger partial charge in [0.05, 0.1) is 5.39 Å². The van der Waals surface area contributed by atoms with E-state index in [2.05, 4.69) is 43.0 Å². The van der Waals surface area contributed by atoms with Gasteiger partial charge in [-0.1, -0.05) is 41.7 Å². The summed E-state index contributed by atoms with van der Waals surface area (Å²) in [4.78, 5) is 10.3. The van der Waals surface area contributed by atoms with E-state index in [0.717, 1.165) is 37.1 Å². The number of rotatable bonds is 5. The molecule has 0 amide bonds. The van der Waals surface area contributed by atoms with Gasteiger partial charge < -0.3 is 5.32 Å². The number of nitrogens with zero attached hydrogens (tertiary/aromatic N) is 4. The molecule has 0 aliphatic carbocycles. The van der Waals surface area contributed by atoms with Crippen LogP contribution in [0.3, 0.4) is 0 Å². The van der Waals surface area contributed by atoms with Crippen LogP contribution in [0.25, 0.3) is 21.3 Å². The van der Waals surface area contributed by atoms with Crippen molar-refractivity contribution in [2.75, 3.05) is 11.9 Å². The van der Waals surface area contributed by atoms with Gasteiger partial charge in [0, 0.05) is 17.5 Å². The molecule has 0 aliphatic rings. The lowest BCUT2D eigenvalue weighted by atomic mass is 10.1. The Bertz CT molecular complexity index is 1010. The first-order chi connectivity index (χ1) is 12.2. The molecular formula is C17H15N5S3. The molecule has 0 saturated carbocycles. The number of aromatic nitrogens is 4. The Balaban J connectivity index is 1.80. The number of fused-ring (bicyclic) bond motifs is 1. The molecule has 0 atom stereocenters. The first-order valence-corrected chi connectivity index (χ1v) is 10.3. The van der Waals surface area contributed by atoms with Crippen LogP contribution >= 0.6 is 34.4 Å². The summed E-state index contributed by atoms with van der Waals surface area (Å²) >= 11 is 4.75. The van der Waals surface area contributed by atoms with Crippen molar-refractivity contribution in [3.8, 4) is 11.1 Å². The third-order valence-electron chi connectivity index (χ3n) is 3.52. The van der Waals surface area contributed by atoms with Gasteiger partial charge in [-0.2, -0.15) is 0 Å². The Kier molecular flexibility index (Phi) is 4.65. The molecule has 0 radical (unpaired) electrons. The van der Waals surface area contributed by atoms with Gasteiger partial charge in [-0.25, -0.2) is 9.97 Å². The van der Waals surface area contributed by atoms with Crippen LogP contribution in [0.5, 0.6) is 0 Å². The highest BCUT2D eigenvalue weighted by Crippen LogP contribution is 2.41. The van der Waals surface area contributed by atoms with E-state index < -0.39 is 0 Å². The maximum atomic E-state index is 4.69. The SMILES string of the molecule is CCNc1nnc(Sc2nc(C)nc3scc(-c4ccccc4)c23)s1. The molecule has 126 valence electrons. The standard InChI is InChI=1S/C17H15N5S3/c1-3-18-16-21-22-17(25-16)24-15-13-12(11-7-5-4-6-8-11)9-23-14(13)19-10(2)20-15/h4-9H,3H2,1-2H3,(H,18,21). The van der Waals surface area contributed by atoms with Crippen molar-refractivity contribution in [1.29, 1.82) is 0 Å². The minimum absolute atomic E-state index is 0.771. The third-order valence-corrected chi connectivity index (χ3v) is 6.31. The number of aryl methyl sites for hydroxylation is 1. The third kappa shape index (κ3) is 3.37. The number of benzene rings is 1. The van der Waals surface area contributed by atoms with E-state index >= 15 is 0 Å². The van der Waals surface area contributed by atoms with E-state index in [9.17, 15) is 0 Å². The van der Waals surface area contributed by atoms with E-state index in [1.165, 1.54) is 11.1 Å². The molecule has 3 heterocycles. The quantitative estimate of drug-likeness (QED) is 0.482. The molecule has 4 rings (SSSR count). The lowest BCUT2D eigenvalue weighted by Gasteiger charge is -2.05. The van der Waals surface area contributed by atoms with Gasteiger partial charge >= 0.3 is 0 Å². The smallest absolute Gasteiger partial charge is 0.206 e. The van der Waals surface area contributed by atoms with Crippen LogP contribution in [0.1, 0.15) is 12.7 Å². The summed E-state index contributed by atoms with van der Waals surface area (Å²) in [5.41, 5.74) is 2.34. The van der Waals surface area contributed by atoms with Crippen LogP contribution in [0, 0.1) is 6.92 Å². The normalized spacial score (nSPS) is 11.1. The summed E-state index contributed by atoms with van der Waals surface area (Å²) in [6.45, 7) is 4.80. The van der Waals surface area contributed by atoms with Crippen LogP contribution in [-0.4, -0.2) is 26.7 Å². The van der Waals surface area contributed by atoms with Crippen molar-refractivity contribution in [3.63, 3.8) is 0 Å². The molecule has 0 saturated heterocycles. The molecule has 4 aromatic rings. The second-order valence-corrected chi connectivity index (χ2v) is 8.35. The molecular weight excluding hydrogens is 370 g/mol. The Morgan fingerprint density at radius 1 is 1.12 bits per heavy atom. The molecule has 0 spiro atoms. The summed E-state index contributed by atoms with van der Waals surface area (Å²) in [5, 5.41) is 16.6. The molecule has 0 aliphatic heterocycles. The van der Waals surface area contributed by atoms with Crippen LogP contribution < -0.4 is 5.32 Å². The van der Waals surface area contributed by atoms with Crippen molar-refractivity contribution in [2.45, 2.75) is 23.2 Å². The Hall–Kier alpha value is -2.03. The average Bonchev–Trinajstić information content (AvgIpc) is 3.23. The number of nitrogens with one attached hydrogen (secondary N) is 1. The minimum Gasteiger partial charge on any atom is -0.360 e. The van der Waals surface area contributed by atoms with Gasteiger partial charge in [-0.05, 0) is 31.2 Å². The molecule has 0 bridgehead atoms. The van der Waals surface area contributed by atoms with Crippen molar-refractivity contribution in [3.05, 3.63) is 41.5 Å². The highest BCUT2D eigenvalue weighted by molar-refractivity contribution is 8.01. The predicted molar refractivity (Wildman–Crippen MR) is 106 cm³/mol. The summed E-state index contributed by atoms with van der Waals surface area (Å²) < 4.78 is 0.876. The molecule has 1 N–H and O–H groups in total. The summed E-state index contributed by atoms with van der Waals surface area (Å²) in [6.07, 6.45) is 0. The van der Waals surface area contributed by atoms with E-state index in [0.29, 0.717) is 0 Å². The number of anilines is 1. The monoisotopic (exact) mass is 385 g/mol. The first kappa shape index (κ1) is 16.4. The lowest BCUT2D eigenvalue weighted by molar-refractivity contribution is 0.988. The van der Waals surface area contributed by atoms with Crippen molar-refractivity contribution < 1.29 is 0 Å². The van der Waals surface area contributed by atoms with E-state index in [1.54, 1.807) is 34.4 Å². The summed E-state index contributed by atoms with van der Waals surface area (Å²) in [5.74, 6) is 0.771. The predicted octanol–water partition coefficient (Wildman–Crippen LogP) is 5.10. The van der Waals surface area contributed by atoms with Gasteiger partial charge in [0.2, 0.25) is 5.13 Å². The maximum Gasteiger partial charge on any atom is 0.206 e. The number of hydrogen-bond acceptors (Lipinski definition) is 8. The Morgan fingerprint density at radius 3 is 2.76 bits per heavy atom. The van der Waals surface area contributed by atoms with Gasteiger partial charge in [0.1, 0.15) is 15.7 Å². The summed E-state index contributed by atoms with van der Waals surface area (Å²) in [6, 6.07) is 10.4. The molecule has 8 heteroatoms. The zero-order valence-electron chi connectivity index (χ0n) is 13.7. The largest absolute Gasteiger partial charge is 0.360 e. The molecule has 1 aromatic carbocycles. The van der Waals surface area contributed by atoms with Gasteiger partial charge in [-0.15, -0.1) is 21.5 Å². The zero-order chi connectivity index (χ0) is 17.2. The second kappa shape index (κ2) is 7.07. The van der Waals surface area contributed by atoms with E-state index in [1.807, 2.05) is 32.0 Å². The fourth-order valence-electron chi connectivity index (χ4n) is 2.47. The van der Waals surface area contributed by atoms with Crippen LogP contribution in [0.4, 0.5) is 5.13 Å². The fourth-order valence-corrected chi connectivity index (χ4v) is 5.45. The zero-order valence-corrected chi connectivity index (χ0v) is 16.1. The molecule has 25 heavy (non-hydrogen) atoms. The van der Waals surface area contributed by atoms with E-state index in [-0.39, 0.29) is 0 Å². The van der Waals surface area contributed by atoms with Crippen LogP contribution in [0.2, 0.25) is 0 Å².